The van der Waals surface area contributed by atoms with Crippen LogP contribution in [0, 0.1) is 5.82 Å². The van der Waals surface area contributed by atoms with E-state index in [9.17, 15) is 9.50 Å². The molecule has 2 aliphatic rings. The Bertz CT molecular complexity index is 1280. The molecule has 1 heterocycles. The highest BCUT2D eigenvalue weighted by molar-refractivity contribution is 9.10. The molecule has 176 valence electrons. The number of hydrogen-bond acceptors (Lipinski definition) is 6. The van der Waals surface area contributed by atoms with Gasteiger partial charge in [-0.2, -0.15) is 0 Å². The third-order valence-electron chi connectivity index (χ3n) is 6.70. The van der Waals surface area contributed by atoms with Crippen molar-refractivity contribution in [1.82, 2.24) is 0 Å². The Hall–Kier alpha value is -3.10. The van der Waals surface area contributed by atoms with E-state index in [1.807, 2.05) is 30.3 Å². The van der Waals surface area contributed by atoms with Gasteiger partial charge in [-0.25, -0.2) is 4.39 Å². The lowest BCUT2D eigenvalue weighted by atomic mass is 9.71. The van der Waals surface area contributed by atoms with E-state index in [-0.39, 0.29) is 12.2 Å². The molecule has 0 unspecified atom stereocenters. The van der Waals surface area contributed by atoms with E-state index in [2.05, 4.69) is 21.1 Å². The van der Waals surface area contributed by atoms with Gasteiger partial charge in [0.05, 0.1) is 25.5 Å². The topological polar surface area (TPSA) is 69.5 Å². The van der Waals surface area contributed by atoms with Crippen LogP contribution < -0.4 is 14.2 Å². The summed E-state index contributed by atoms with van der Waals surface area (Å²) in [6, 6.07) is 17.3. The number of benzene rings is 3. The third kappa shape index (κ3) is 3.05. The second-order valence-electron chi connectivity index (χ2n) is 8.29. The van der Waals surface area contributed by atoms with Crippen molar-refractivity contribution in [3.8, 4) is 17.2 Å². The molecular weight excluding hydrogens is 505 g/mol. The quantitative estimate of drug-likeness (QED) is 0.457. The first kappa shape index (κ1) is 22.7. The zero-order chi connectivity index (χ0) is 24.1. The lowest BCUT2D eigenvalue weighted by molar-refractivity contribution is -0.0756. The molecule has 0 radical (unpaired) electrons. The molecule has 34 heavy (non-hydrogen) atoms. The van der Waals surface area contributed by atoms with Crippen LogP contribution in [-0.2, 0) is 16.0 Å². The Morgan fingerprint density at radius 3 is 2.47 bits per heavy atom. The first-order valence-corrected chi connectivity index (χ1v) is 11.5. The van der Waals surface area contributed by atoms with Crippen LogP contribution in [0.15, 0.2) is 70.3 Å². The van der Waals surface area contributed by atoms with E-state index in [0.717, 1.165) is 4.47 Å². The second kappa shape index (κ2) is 8.29. The highest BCUT2D eigenvalue weighted by Gasteiger charge is 2.73. The molecule has 0 spiro atoms. The fourth-order valence-electron chi connectivity index (χ4n) is 5.34. The molecule has 1 aliphatic heterocycles. The monoisotopic (exact) mass is 527 g/mol. The van der Waals surface area contributed by atoms with Crippen molar-refractivity contribution in [2.75, 3.05) is 21.3 Å². The van der Waals surface area contributed by atoms with Crippen molar-refractivity contribution < 1.29 is 28.5 Å². The summed E-state index contributed by atoms with van der Waals surface area (Å²) < 4.78 is 33.1. The lowest BCUT2D eigenvalue weighted by Crippen LogP contribution is -2.50. The van der Waals surface area contributed by atoms with Gasteiger partial charge in [0.1, 0.15) is 30.2 Å². The summed E-state index contributed by atoms with van der Waals surface area (Å²) in [5, 5.41) is 16.9. The summed E-state index contributed by atoms with van der Waals surface area (Å²) in [6.07, 6.45) is 0.276. The molecular formula is C26H23BrFNO5. The predicted molar refractivity (Wildman–Crippen MR) is 128 cm³/mol. The molecule has 0 bridgehead atoms. The van der Waals surface area contributed by atoms with Crippen LogP contribution >= 0.6 is 15.9 Å². The molecule has 0 saturated heterocycles. The minimum atomic E-state index is -1.76. The van der Waals surface area contributed by atoms with Gasteiger partial charge in [-0.15, -0.1) is 0 Å². The van der Waals surface area contributed by atoms with Gasteiger partial charge in [0.15, 0.2) is 11.2 Å². The summed E-state index contributed by atoms with van der Waals surface area (Å²) >= 11 is 3.48. The fraction of sp³-hybridized carbons (Fsp3) is 0.269. The summed E-state index contributed by atoms with van der Waals surface area (Å²) in [6.45, 7) is 0. The molecule has 1 N–H and O–H groups in total. The number of nitrogens with zero attached hydrogens (tertiary/aromatic N) is 1. The van der Waals surface area contributed by atoms with Crippen LogP contribution in [0.2, 0.25) is 0 Å². The maximum absolute atomic E-state index is 14.4. The van der Waals surface area contributed by atoms with Crippen LogP contribution in [-0.4, -0.2) is 32.1 Å². The van der Waals surface area contributed by atoms with Crippen molar-refractivity contribution in [1.29, 1.82) is 0 Å². The smallest absolute Gasteiger partial charge is 0.183 e. The Kier molecular flexibility index (Phi) is 5.53. The van der Waals surface area contributed by atoms with Gasteiger partial charge < -0.3 is 24.2 Å². The summed E-state index contributed by atoms with van der Waals surface area (Å²) in [5.41, 5.74) is -0.989. The SMILES string of the molecule is CO/N=C1\C[C@@H](c2cccc(F)c2)[C@]2(c3ccc(Br)cc3)Oc3cc(OC)cc(OC)c3[C@]12O. The van der Waals surface area contributed by atoms with Crippen LogP contribution in [0.3, 0.4) is 0 Å². The molecule has 3 aromatic rings. The number of oxime groups is 1. The Morgan fingerprint density at radius 2 is 1.82 bits per heavy atom. The third-order valence-corrected chi connectivity index (χ3v) is 7.23. The molecule has 1 saturated carbocycles. The molecule has 5 rings (SSSR count). The summed E-state index contributed by atoms with van der Waals surface area (Å²) in [7, 11) is 4.49. The van der Waals surface area contributed by atoms with Gasteiger partial charge in [-0.3, -0.25) is 0 Å². The molecule has 0 aromatic heterocycles. The number of aliphatic hydroxyl groups is 1. The van der Waals surface area contributed by atoms with Gasteiger partial charge in [0.2, 0.25) is 0 Å². The van der Waals surface area contributed by atoms with Crippen molar-refractivity contribution in [3.63, 3.8) is 0 Å². The fourth-order valence-corrected chi connectivity index (χ4v) is 5.60. The van der Waals surface area contributed by atoms with Crippen molar-refractivity contribution in [2.45, 2.75) is 23.5 Å². The second-order valence-corrected chi connectivity index (χ2v) is 9.21. The molecule has 0 amide bonds. The van der Waals surface area contributed by atoms with E-state index in [4.69, 9.17) is 19.0 Å². The first-order valence-electron chi connectivity index (χ1n) is 10.7. The summed E-state index contributed by atoms with van der Waals surface area (Å²) in [4.78, 5) is 5.17. The number of hydrogen-bond donors (Lipinski definition) is 1. The molecule has 1 aliphatic carbocycles. The first-order chi connectivity index (χ1) is 16.4. The Labute approximate surface area is 205 Å². The van der Waals surface area contributed by atoms with Crippen molar-refractivity contribution in [2.24, 2.45) is 5.16 Å². The summed E-state index contributed by atoms with van der Waals surface area (Å²) in [5.74, 6) is 0.425. The average molecular weight is 528 g/mol. The van der Waals surface area contributed by atoms with Gasteiger partial charge >= 0.3 is 0 Å². The van der Waals surface area contributed by atoms with Crippen LogP contribution in [0.4, 0.5) is 4.39 Å². The van der Waals surface area contributed by atoms with Gasteiger partial charge in [0, 0.05) is 28.9 Å². The van der Waals surface area contributed by atoms with E-state index in [1.165, 1.54) is 26.4 Å². The van der Waals surface area contributed by atoms with Gasteiger partial charge in [-0.1, -0.05) is 45.4 Å². The van der Waals surface area contributed by atoms with Crippen LogP contribution in [0.5, 0.6) is 17.2 Å². The van der Waals surface area contributed by atoms with Gasteiger partial charge in [0.25, 0.3) is 0 Å². The average Bonchev–Trinajstić information content (AvgIpc) is 3.24. The minimum Gasteiger partial charge on any atom is -0.496 e. The zero-order valence-electron chi connectivity index (χ0n) is 18.8. The van der Waals surface area contributed by atoms with Crippen molar-refractivity contribution >= 4 is 21.6 Å². The number of methoxy groups -OCH3 is 2. The number of rotatable bonds is 5. The lowest BCUT2D eigenvalue weighted by Gasteiger charge is -2.39. The molecule has 6 nitrogen and oxygen atoms in total. The van der Waals surface area contributed by atoms with Gasteiger partial charge in [-0.05, 0) is 35.4 Å². The maximum Gasteiger partial charge on any atom is 0.183 e. The van der Waals surface area contributed by atoms with E-state index in [0.29, 0.717) is 39.7 Å². The van der Waals surface area contributed by atoms with Crippen molar-refractivity contribution in [3.05, 3.63) is 87.6 Å². The zero-order valence-corrected chi connectivity index (χ0v) is 20.4. The largest absolute Gasteiger partial charge is 0.496 e. The predicted octanol–water partition coefficient (Wildman–Crippen LogP) is 5.27. The molecule has 1 fully saturated rings. The maximum atomic E-state index is 14.4. The van der Waals surface area contributed by atoms with Crippen LogP contribution in [0.1, 0.15) is 29.0 Å². The van der Waals surface area contributed by atoms with E-state index >= 15 is 0 Å². The Balaban J connectivity index is 1.87. The van der Waals surface area contributed by atoms with Crippen LogP contribution in [0.25, 0.3) is 0 Å². The molecule has 3 atom stereocenters. The number of halogens is 2. The minimum absolute atomic E-state index is 0.276. The highest BCUT2D eigenvalue weighted by Crippen LogP contribution is 2.67. The Morgan fingerprint density at radius 1 is 1.06 bits per heavy atom. The van der Waals surface area contributed by atoms with E-state index < -0.39 is 17.1 Å². The highest BCUT2D eigenvalue weighted by atomic mass is 79.9. The van der Waals surface area contributed by atoms with E-state index in [1.54, 1.807) is 25.3 Å². The standard InChI is InChI=1S/C26H23BrFNO5/c1-31-19-12-21(32-2)24-22(13-19)34-26(16-7-9-17(27)10-8-16)20(15-5-4-6-18(28)11-15)14-23(29-33-3)25(24,26)30/h4-13,20,30H,14H2,1-3H3/b29-23+/t20-,25+,26-/m0/s1. The molecule has 8 heteroatoms. The number of fused-ring (bicyclic) bond motifs is 3. The molecule has 3 aromatic carbocycles. The normalized spacial score (nSPS) is 26.1. The number of ether oxygens (including phenoxy) is 3.